The van der Waals surface area contributed by atoms with Crippen LogP contribution < -0.4 is 10.1 Å². The number of hydrogen-bond acceptors (Lipinski definition) is 2. The number of ether oxygens (including phenoxy) is 1. The fourth-order valence-corrected chi connectivity index (χ4v) is 2.02. The summed E-state index contributed by atoms with van der Waals surface area (Å²) in [5.41, 5.74) is 1.13. The first-order valence-electron chi connectivity index (χ1n) is 7.10. The molecule has 0 aliphatic rings. The Balaban J connectivity index is 2.60. The SMILES string of the molecule is CCCC(C)NC(=O)C(CC)Oc1cccc(C)c1. The van der Waals surface area contributed by atoms with Gasteiger partial charge in [0.25, 0.3) is 5.91 Å². The van der Waals surface area contributed by atoms with Gasteiger partial charge in [-0.1, -0.05) is 32.4 Å². The van der Waals surface area contributed by atoms with Crippen molar-refractivity contribution in [1.82, 2.24) is 5.32 Å². The molecule has 3 heteroatoms. The number of amides is 1. The summed E-state index contributed by atoms with van der Waals surface area (Å²) < 4.78 is 5.77. The minimum Gasteiger partial charge on any atom is -0.481 e. The molecule has 1 amide bonds. The molecular weight excluding hydrogens is 238 g/mol. The normalized spacial score (nSPS) is 13.7. The van der Waals surface area contributed by atoms with Crippen LogP contribution in [0.1, 0.15) is 45.6 Å². The van der Waals surface area contributed by atoms with E-state index in [0.717, 1.165) is 24.2 Å². The van der Waals surface area contributed by atoms with Crippen LogP contribution in [0.2, 0.25) is 0 Å². The van der Waals surface area contributed by atoms with Gasteiger partial charge >= 0.3 is 0 Å². The van der Waals surface area contributed by atoms with Gasteiger partial charge in [0.2, 0.25) is 0 Å². The highest BCUT2D eigenvalue weighted by Crippen LogP contribution is 2.15. The van der Waals surface area contributed by atoms with Gasteiger partial charge in [0, 0.05) is 6.04 Å². The molecule has 106 valence electrons. The minimum atomic E-state index is -0.416. The quantitative estimate of drug-likeness (QED) is 0.818. The summed E-state index contributed by atoms with van der Waals surface area (Å²) in [5.74, 6) is 0.732. The number of carbonyl (C=O) groups is 1. The van der Waals surface area contributed by atoms with Crippen LogP contribution in [0.5, 0.6) is 5.75 Å². The lowest BCUT2D eigenvalue weighted by molar-refractivity contribution is -0.128. The second kappa shape index (κ2) is 7.82. The van der Waals surface area contributed by atoms with Crippen molar-refractivity contribution < 1.29 is 9.53 Å². The molecule has 0 saturated heterocycles. The third-order valence-corrected chi connectivity index (χ3v) is 3.04. The molecule has 0 saturated carbocycles. The topological polar surface area (TPSA) is 38.3 Å². The Morgan fingerprint density at radius 3 is 2.68 bits per heavy atom. The lowest BCUT2D eigenvalue weighted by atomic mass is 10.1. The number of nitrogens with one attached hydrogen (secondary N) is 1. The summed E-state index contributed by atoms with van der Waals surface area (Å²) in [6.45, 7) is 8.12. The molecule has 3 nitrogen and oxygen atoms in total. The highest BCUT2D eigenvalue weighted by Gasteiger charge is 2.19. The molecule has 0 heterocycles. The van der Waals surface area contributed by atoms with Crippen LogP contribution in [0.4, 0.5) is 0 Å². The number of rotatable bonds is 7. The van der Waals surface area contributed by atoms with Crippen LogP contribution in [0.3, 0.4) is 0 Å². The zero-order valence-electron chi connectivity index (χ0n) is 12.4. The zero-order chi connectivity index (χ0) is 14.3. The Kier molecular flexibility index (Phi) is 6.40. The maximum atomic E-state index is 12.1. The van der Waals surface area contributed by atoms with E-state index in [4.69, 9.17) is 4.74 Å². The number of aryl methyl sites for hydroxylation is 1. The molecule has 1 rings (SSSR count). The largest absolute Gasteiger partial charge is 0.481 e. The van der Waals surface area contributed by atoms with Gasteiger partial charge in [-0.05, 0) is 44.4 Å². The zero-order valence-corrected chi connectivity index (χ0v) is 12.4. The van der Waals surface area contributed by atoms with Crippen molar-refractivity contribution >= 4 is 5.91 Å². The molecule has 2 atom stereocenters. The molecule has 0 aliphatic heterocycles. The van der Waals surface area contributed by atoms with E-state index >= 15 is 0 Å². The molecule has 19 heavy (non-hydrogen) atoms. The van der Waals surface area contributed by atoms with Gasteiger partial charge < -0.3 is 10.1 Å². The lowest BCUT2D eigenvalue weighted by Gasteiger charge is -2.20. The molecule has 0 aliphatic carbocycles. The summed E-state index contributed by atoms with van der Waals surface area (Å²) in [5, 5.41) is 3.00. The van der Waals surface area contributed by atoms with Gasteiger partial charge in [-0.25, -0.2) is 0 Å². The first-order chi connectivity index (χ1) is 9.06. The number of hydrogen-bond donors (Lipinski definition) is 1. The first-order valence-corrected chi connectivity index (χ1v) is 7.10. The summed E-state index contributed by atoms with van der Waals surface area (Å²) in [6, 6.07) is 7.99. The molecule has 1 aromatic rings. The molecule has 1 N–H and O–H groups in total. The predicted molar refractivity (Wildman–Crippen MR) is 78.4 cm³/mol. The van der Waals surface area contributed by atoms with Gasteiger partial charge in [0.15, 0.2) is 6.10 Å². The van der Waals surface area contributed by atoms with Crippen molar-refractivity contribution in [2.45, 2.75) is 59.1 Å². The van der Waals surface area contributed by atoms with Crippen molar-refractivity contribution in [3.63, 3.8) is 0 Å². The van der Waals surface area contributed by atoms with Gasteiger partial charge in [-0.2, -0.15) is 0 Å². The van der Waals surface area contributed by atoms with Crippen molar-refractivity contribution in [3.8, 4) is 5.75 Å². The Morgan fingerprint density at radius 2 is 2.11 bits per heavy atom. The molecule has 0 aromatic heterocycles. The van der Waals surface area contributed by atoms with E-state index in [2.05, 4.69) is 12.2 Å². The fraction of sp³-hybridized carbons (Fsp3) is 0.562. The minimum absolute atomic E-state index is 0.0232. The van der Waals surface area contributed by atoms with Crippen LogP contribution in [0.15, 0.2) is 24.3 Å². The molecule has 0 spiro atoms. The fourth-order valence-electron chi connectivity index (χ4n) is 2.02. The second-order valence-corrected chi connectivity index (χ2v) is 5.03. The van der Waals surface area contributed by atoms with Crippen molar-refractivity contribution in [3.05, 3.63) is 29.8 Å². The van der Waals surface area contributed by atoms with Crippen molar-refractivity contribution in [2.75, 3.05) is 0 Å². The third-order valence-electron chi connectivity index (χ3n) is 3.04. The Bertz CT molecular complexity index is 403. The maximum Gasteiger partial charge on any atom is 0.261 e. The van der Waals surface area contributed by atoms with Crippen molar-refractivity contribution in [1.29, 1.82) is 0 Å². The molecule has 1 aromatic carbocycles. The van der Waals surface area contributed by atoms with Gasteiger partial charge in [-0.3, -0.25) is 4.79 Å². The smallest absolute Gasteiger partial charge is 0.261 e. The van der Waals surface area contributed by atoms with E-state index in [9.17, 15) is 4.79 Å². The highest BCUT2D eigenvalue weighted by molar-refractivity contribution is 5.81. The van der Waals surface area contributed by atoms with E-state index in [1.165, 1.54) is 0 Å². The molecular formula is C16H25NO2. The lowest BCUT2D eigenvalue weighted by Crippen LogP contribution is -2.42. The van der Waals surface area contributed by atoms with E-state index in [0.29, 0.717) is 6.42 Å². The Morgan fingerprint density at radius 1 is 1.37 bits per heavy atom. The molecule has 0 fully saturated rings. The molecule has 0 bridgehead atoms. The predicted octanol–water partition coefficient (Wildman–Crippen LogP) is 3.46. The van der Waals surface area contributed by atoms with Gasteiger partial charge in [0.1, 0.15) is 5.75 Å². The number of benzene rings is 1. The standard InChI is InChI=1S/C16H25NO2/c1-5-8-13(4)17-16(18)15(6-2)19-14-10-7-9-12(3)11-14/h7,9-11,13,15H,5-6,8H2,1-4H3,(H,17,18). The average Bonchev–Trinajstić information content (AvgIpc) is 2.36. The average molecular weight is 263 g/mol. The second-order valence-electron chi connectivity index (χ2n) is 5.03. The first kappa shape index (κ1) is 15.5. The van der Waals surface area contributed by atoms with E-state index in [-0.39, 0.29) is 11.9 Å². The summed E-state index contributed by atoms with van der Waals surface area (Å²) in [7, 11) is 0. The maximum absolute atomic E-state index is 12.1. The summed E-state index contributed by atoms with van der Waals surface area (Å²) in [6.07, 6.45) is 2.31. The van der Waals surface area contributed by atoms with Crippen LogP contribution in [0, 0.1) is 6.92 Å². The van der Waals surface area contributed by atoms with Crippen LogP contribution >= 0.6 is 0 Å². The third kappa shape index (κ3) is 5.33. The van der Waals surface area contributed by atoms with Gasteiger partial charge in [-0.15, -0.1) is 0 Å². The highest BCUT2D eigenvalue weighted by atomic mass is 16.5. The Labute approximate surface area is 116 Å². The monoisotopic (exact) mass is 263 g/mol. The number of carbonyl (C=O) groups excluding carboxylic acids is 1. The van der Waals surface area contributed by atoms with Crippen LogP contribution in [-0.2, 0) is 4.79 Å². The van der Waals surface area contributed by atoms with Crippen LogP contribution in [0.25, 0.3) is 0 Å². The summed E-state index contributed by atoms with van der Waals surface area (Å²) >= 11 is 0. The van der Waals surface area contributed by atoms with E-state index < -0.39 is 6.10 Å². The molecule has 0 radical (unpaired) electrons. The van der Waals surface area contributed by atoms with Gasteiger partial charge in [0.05, 0.1) is 0 Å². The molecule has 2 unspecified atom stereocenters. The Hall–Kier alpha value is -1.51. The van der Waals surface area contributed by atoms with Crippen LogP contribution in [-0.4, -0.2) is 18.1 Å². The van der Waals surface area contributed by atoms with E-state index in [1.54, 1.807) is 0 Å². The van der Waals surface area contributed by atoms with Crippen molar-refractivity contribution in [2.24, 2.45) is 0 Å². The van der Waals surface area contributed by atoms with E-state index in [1.807, 2.05) is 45.0 Å². The summed E-state index contributed by atoms with van der Waals surface area (Å²) in [4.78, 5) is 12.1.